The molecule has 3 rings (SSSR count). The van der Waals surface area contributed by atoms with E-state index >= 15 is 0 Å². The van der Waals surface area contributed by atoms with Crippen LogP contribution in [0.25, 0.3) is 0 Å². The molecule has 2 saturated heterocycles. The highest BCUT2D eigenvalue weighted by Gasteiger charge is 2.42. The highest BCUT2D eigenvalue weighted by molar-refractivity contribution is 6.30. The Labute approximate surface area is 188 Å². The van der Waals surface area contributed by atoms with Crippen LogP contribution in [-0.4, -0.2) is 61.5 Å². The minimum Gasteiger partial charge on any atom is -0.381 e. The van der Waals surface area contributed by atoms with Crippen LogP contribution in [0.3, 0.4) is 0 Å². The number of nitrogens with one attached hydrogen (secondary N) is 2. The van der Waals surface area contributed by atoms with Crippen LogP contribution in [0.5, 0.6) is 0 Å². The van der Waals surface area contributed by atoms with Crippen LogP contribution in [-0.2, 0) is 14.3 Å². The summed E-state index contributed by atoms with van der Waals surface area (Å²) in [5.41, 5.74) is 0.0216. The molecule has 31 heavy (non-hydrogen) atoms. The highest BCUT2D eigenvalue weighted by Crippen LogP contribution is 2.37. The summed E-state index contributed by atoms with van der Waals surface area (Å²) in [5.74, 6) is -0.323. The average molecular weight is 450 g/mol. The maximum Gasteiger partial charge on any atom is 0.253 e. The van der Waals surface area contributed by atoms with Crippen LogP contribution in [0.2, 0.25) is 5.02 Å². The fourth-order valence-corrected chi connectivity index (χ4v) is 4.35. The van der Waals surface area contributed by atoms with Crippen LogP contribution < -0.4 is 10.6 Å². The third kappa shape index (κ3) is 6.20. The molecule has 7 nitrogen and oxygen atoms in total. The Balaban J connectivity index is 1.68. The van der Waals surface area contributed by atoms with Gasteiger partial charge < -0.3 is 20.3 Å². The van der Waals surface area contributed by atoms with Gasteiger partial charge in [-0.05, 0) is 63.3 Å². The van der Waals surface area contributed by atoms with Crippen LogP contribution in [0.1, 0.15) is 55.8 Å². The summed E-state index contributed by atoms with van der Waals surface area (Å²) in [4.78, 5) is 40.2. The number of carbonyl (C=O) groups excluding carboxylic acids is 3. The number of benzene rings is 1. The lowest BCUT2D eigenvalue weighted by Crippen LogP contribution is -2.54. The molecule has 0 aromatic heterocycles. The molecule has 0 aliphatic carbocycles. The molecule has 1 aromatic carbocycles. The van der Waals surface area contributed by atoms with Crippen molar-refractivity contribution in [1.82, 2.24) is 15.5 Å². The van der Waals surface area contributed by atoms with E-state index in [0.29, 0.717) is 56.3 Å². The Hall–Kier alpha value is -2.12. The monoisotopic (exact) mass is 449 g/mol. The second-order valence-electron chi connectivity index (χ2n) is 8.49. The van der Waals surface area contributed by atoms with Gasteiger partial charge in [0.25, 0.3) is 5.91 Å². The molecule has 1 aromatic rings. The molecular formula is C23H32ClN3O4. The van der Waals surface area contributed by atoms with Gasteiger partial charge in [-0.2, -0.15) is 0 Å². The lowest BCUT2D eigenvalue weighted by atomic mass is 9.73. The van der Waals surface area contributed by atoms with Crippen LogP contribution in [0.15, 0.2) is 24.3 Å². The molecule has 2 aliphatic rings. The van der Waals surface area contributed by atoms with Crippen molar-refractivity contribution in [2.24, 2.45) is 5.41 Å². The Morgan fingerprint density at radius 2 is 1.74 bits per heavy atom. The smallest absolute Gasteiger partial charge is 0.253 e. The number of ether oxygens (including phenoxy) is 1. The number of halogens is 1. The van der Waals surface area contributed by atoms with Crippen molar-refractivity contribution >= 4 is 29.3 Å². The zero-order chi connectivity index (χ0) is 22.3. The molecule has 2 N–H and O–H groups in total. The van der Waals surface area contributed by atoms with Gasteiger partial charge in [-0.1, -0.05) is 18.0 Å². The van der Waals surface area contributed by atoms with Gasteiger partial charge in [-0.3, -0.25) is 14.4 Å². The summed E-state index contributed by atoms with van der Waals surface area (Å²) in [6.07, 6.45) is 4.40. The number of hydrogen-bond acceptors (Lipinski definition) is 4. The molecule has 170 valence electrons. The van der Waals surface area contributed by atoms with Crippen molar-refractivity contribution in [1.29, 1.82) is 0 Å². The van der Waals surface area contributed by atoms with Gasteiger partial charge in [0.1, 0.15) is 6.04 Å². The predicted octanol–water partition coefficient (Wildman–Crippen LogP) is 2.77. The normalized spacial score (nSPS) is 23.5. The van der Waals surface area contributed by atoms with E-state index < -0.39 is 11.5 Å². The van der Waals surface area contributed by atoms with Crippen molar-refractivity contribution < 1.29 is 19.1 Å². The maximum atomic E-state index is 13.3. The molecular weight excluding hydrogens is 418 g/mol. The number of hydrogen-bond donors (Lipinski definition) is 2. The molecule has 1 spiro atoms. The van der Waals surface area contributed by atoms with Crippen LogP contribution in [0, 0.1) is 5.41 Å². The number of rotatable bonds is 1. The summed E-state index contributed by atoms with van der Waals surface area (Å²) in [5, 5.41) is 6.36. The third-order valence-corrected chi connectivity index (χ3v) is 6.53. The second kappa shape index (κ2) is 11.0. The topological polar surface area (TPSA) is 87.7 Å². The van der Waals surface area contributed by atoms with E-state index in [4.69, 9.17) is 16.3 Å². The molecule has 8 heteroatoms. The zero-order valence-electron chi connectivity index (χ0n) is 18.1. The Kier molecular flexibility index (Phi) is 8.32. The molecule has 0 radical (unpaired) electrons. The van der Waals surface area contributed by atoms with Crippen molar-refractivity contribution in [3.63, 3.8) is 0 Å². The average Bonchev–Trinajstić information content (AvgIpc) is 2.77. The van der Waals surface area contributed by atoms with Crippen LogP contribution >= 0.6 is 11.6 Å². The van der Waals surface area contributed by atoms with Gasteiger partial charge in [0, 0.05) is 43.4 Å². The lowest BCUT2D eigenvalue weighted by molar-refractivity contribution is -0.137. The SMILES string of the molecule is C[C@@H]1NC(=O)C2(CCCCOCCCNC1=O)CCN(C(=O)c1ccc(Cl)cc1)CC2. The molecule has 3 amide bonds. The van der Waals surface area contributed by atoms with Gasteiger partial charge in [0.05, 0.1) is 5.41 Å². The van der Waals surface area contributed by atoms with E-state index in [0.717, 1.165) is 25.7 Å². The quantitative estimate of drug-likeness (QED) is 0.690. The predicted molar refractivity (Wildman–Crippen MR) is 119 cm³/mol. The van der Waals surface area contributed by atoms with E-state index in [1.807, 2.05) is 0 Å². The highest BCUT2D eigenvalue weighted by atomic mass is 35.5. The fourth-order valence-electron chi connectivity index (χ4n) is 4.23. The minimum atomic E-state index is -0.595. The van der Waals surface area contributed by atoms with Crippen LogP contribution in [0.4, 0.5) is 0 Å². The summed E-state index contributed by atoms with van der Waals surface area (Å²) in [6, 6.07) is 6.27. The summed E-state index contributed by atoms with van der Waals surface area (Å²) in [6.45, 7) is 4.53. The summed E-state index contributed by atoms with van der Waals surface area (Å²) >= 11 is 5.93. The largest absolute Gasteiger partial charge is 0.381 e. The standard InChI is InChI=1S/C23H32ClN3O4/c1-17-20(28)25-12-4-16-31-15-3-2-9-23(22(30)26-17)10-13-27(14-11-23)21(29)18-5-7-19(24)8-6-18/h5-8,17H,2-4,9-16H2,1H3,(H,25,28)(H,26,30)/t17-/m0/s1. The molecule has 0 saturated carbocycles. The minimum absolute atomic E-state index is 0.0473. The first-order valence-electron chi connectivity index (χ1n) is 11.1. The van der Waals surface area contributed by atoms with Gasteiger partial charge in [-0.25, -0.2) is 0 Å². The van der Waals surface area contributed by atoms with E-state index in [2.05, 4.69) is 10.6 Å². The van der Waals surface area contributed by atoms with Gasteiger partial charge in [-0.15, -0.1) is 0 Å². The Morgan fingerprint density at radius 1 is 1.06 bits per heavy atom. The summed E-state index contributed by atoms with van der Waals surface area (Å²) in [7, 11) is 0. The molecule has 0 bridgehead atoms. The molecule has 2 aliphatic heterocycles. The van der Waals surface area contributed by atoms with Gasteiger partial charge in [0.2, 0.25) is 11.8 Å². The van der Waals surface area contributed by atoms with Gasteiger partial charge in [0.15, 0.2) is 0 Å². The second-order valence-corrected chi connectivity index (χ2v) is 8.93. The fraction of sp³-hybridized carbons (Fsp3) is 0.609. The first-order chi connectivity index (χ1) is 14.9. The number of likely N-dealkylation sites (tertiary alicyclic amines) is 1. The van der Waals surface area contributed by atoms with Crippen molar-refractivity contribution in [2.75, 3.05) is 32.8 Å². The number of amides is 3. The van der Waals surface area contributed by atoms with E-state index in [-0.39, 0.29) is 17.7 Å². The molecule has 2 fully saturated rings. The Bertz CT molecular complexity index is 776. The number of piperidine rings is 1. The first kappa shape index (κ1) is 23.5. The number of carbonyl (C=O) groups is 3. The summed E-state index contributed by atoms with van der Waals surface area (Å²) < 4.78 is 5.63. The van der Waals surface area contributed by atoms with E-state index in [9.17, 15) is 14.4 Å². The van der Waals surface area contributed by atoms with E-state index in [1.54, 1.807) is 36.1 Å². The van der Waals surface area contributed by atoms with Crippen molar-refractivity contribution in [2.45, 2.75) is 51.5 Å². The maximum absolute atomic E-state index is 13.3. The third-order valence-electron chi connectivity index (χ3n) is 6.28. The van der Waals surface area contributed by atoms with E-state index in [1.165, 1.54) is 0 Å². The number of nitrogens with zero attached hydrogens (tertiary/aromatic N) is 1. The molecule has 0 unspecified atom stereocenters. The van der Waals surface area contributed by atoms with Crippen molar-refractivity contribution in [3.8, 4) is 0 Å². The van der Waals surface area contributed by atoms with Crippen molar-refractivity contribution in [3.05, 3.63) is 34.9 Å². The molecule has 2 heterocycles. The lowest BCUT2D eigenvalue weighted by Gasteiger charge is -2.41. The molecule has 1 atom stereocenters. The Morgan fingerprint density at radius 3 is 2.45 bits per heavy atom. The zero-order valence-corrected chi connectivity index (χ0v) is 18.9. The van der Waals surface area contributed by atoms with Gasteiger partial charge >= 0.3 is 0 Å². The first-order valence-corrected chi connectivity index (χ1v) is 11.5.